The van der Waals surface area contributed by atoms with E-state index in [-0.39, 0.29) is 29.2 Å². The Balaban J connectivity index is 1.77. The van der Waals surface area contributed by atoms with Crippen molar-refractivity contribution in [1.82, 2.24) is 14.9 Å². The summed E-state index contributed by atoms with van der Waals surface area (Å²) in [6.45, 7) is 0.400. The number of carbonyl (C=O) groups excluding carboxylic acids is 2. The quantitative estimate of drug-likeness (QED) is 0.597. The number of likely N-dealkylation sites (tertiary alicyclic amines) is 1. The van der Waals surface area contributed by atoms with Crippen LogP contribution in [0.5, 0.6) is 0 Å². The number of aliphatic hydroxyl groups is 1. The Labute approximate surface area is 187 Å². The smallest absolute Gasteiger partial charge is 0.267 e. The SMILES string of the molecule is CN1CCC(O)(C#Cc2cccc(-c3nc(C(N)=O)cc(-c4cc(F)ccc4F)n3)c2)C1=O. The molecule has 2 amide bonds. The highest BCUT2D eigenvalue weighted by Gasteiger charge is 2.42. The number of carbonyl (C=O) groups is 2. The van der Waals surface area contributed by atoms with E-state index in [1.807, 2.05) is 0 Å². The number of halogens is 2. The highest BCUT2D eigenvalue weighted by atomic mass is 19.1. The first-order chi connectivity index (χ1) is 15.7. The Morgan fingerprint density at radius 3 is 2.67 bits per heavy atom. The number of nitrogens with zero attached hydrogens (tertiary/aromatic N) is 3. The van der Waals surface area contributed by atoms with Crippen molar-refractivity contribution >= 4 is 11.8 Å². The molecular weight excluding hydrogens is 430 g/mol. The van der Waals surface area contributed by atoms with Crippen LogP contribution in [0.1, 0.15) is 22.5 Å². The molecule has 4 rings (SSSR count). The Hall–Kier alpha value is -4.16. The fourth-order valence-electron chi connectivity index (χ4n) is 3.42. The van der Waals surface area contributed by atoms with Crippen molar-refractivity contribution in [2.45, 2.75) is 12.0 Å². The monoisotopic (exact) mass is 448 g/mol. The Morgan fingerprint density at radius 2 is 1.97 bits per heavy atom. The number of hydrogen-bond acceptors (Lipinski definition) is 5. The highest BCUT2D eigenvalue weighted by Crippen LogP contribution is 2.26. The van der Waals surface area contributed by atoms with Gasteiger partial charge in [-0.1, -0.05) is 24.0 Å². The maximum absolute atomic E-state index is 14.3. The molecule has 3 N–H and O–H groups in total. The number of rotatable bonds is 3. The van der Waals surface area contributed by atoms with E-state index < -0.39 is 29.0 Å². The number of hydrogen-bond donors (Lipinski definition) is 2. The summed E-state index contributed by atoms with van der Waals surface area (Å²) in [5.41, 5.74) is 4.15. The summed E-state index contributed by atoms with van der Waals surface area (Å²) in [4.78, 5) is 33.7. The molecule has 7 nitrogen and oxygen atoms in total. The minimum atomic E-state index is -1.75. The average Bonchev–Trinajstić information content (AvgIpc) is 3.07. The summed E-state index contributed by atoms with van der Waals surface area (Å²) in [5, 5.41) is 10.5. The molecule has 1 aliphatic rings. The second kappa shape index (κ2) is 8.41. The lowest BCUT2D eigenvalue weighted by molar-refractivity contribution is -0.137. The van der Waals surface area contributed by atoms with E-state index in [2.05, 4.69) is 21.8 Å². The minimum absolute atomic E-state index is 0.0174. The molecule has 3 aromatic rings. The van der Waals surface area contributed by atoms with E-state index in [1.165, 1.54) is 11.0 Å². The van der Waals surface area contributed by atoms with Gasteiger partial charge in [0.1, 0.15) is 17.3 Å². The van der Waals surface area contributed by atoms with E-state index in [9.17, 15) is 23.5 Å². The molecule has 0 bridgehead atoms. The van der Waals surface area contributed by atoms with Crippen LogP contribution in [0.3, 0.4) is 0 Å². The van der Waals surface area contributed by atoms with Crippen molar-refractivity contribution in [3.05, 3.63) is 71.4 Å². The number of primary amides is 1. The molecule has 1 aliphatic heterocycles. The van der Waals surface area contributed by atoms with Crippen molar-refractivity contribution in [2.75, 3.05) is 13.6 Å². The van der Waals surface area contributed by atoms with Crippen LogP contribution in [-0.4, -0.2) is 51.0 Å². The topological polar surface area (TPSA) is 109 Å². The van der Waals surface area contributed by atoms with Gasteiger partial charge in [-0.05, 0) is 36.4 Å². The Morgan fingerprint density at radius 1 is 1.18 bits per heavy atom. The zero-order valence-corrected chi connectivity index (χ0v) is 17.5. The normalized spacial score (nSPS) is 17.6. The van der Waals surface area contributed by atoms with Crippen LogP contribution in [0.25, 0.3) is 22.6 Å². The predicted octanol–water partition coefficient (Wildman–Crippen LogP) is 2.13. The van der Waals surface area contributed by atoms with Crippen molar-refractivity contribution in [2.24, 2.45) is 5.73 Å². The zero-order valence-electron chi connectivity index (χ0n) is 17.5. The largest absolute Gasteiger partial charge is 0.369 e. The number of likely N-dealkylation sites (N-methyl/N-ethyl adjacent to an activating group) is 1. The van der Waals surface area contributed by atoms with Crippen LogP contribution >= 0.6 is 0 Å². The molecule has 9 heteroatoms. The van der Waals surface area contributed by atoms with E-state index >= 15 is 0 Å². The van der Waals surface area contributed by atoms with Gasteiger partial charge in [-0.15, -0.1) is 0 Å². The molecule has 1 atom stereocenters. The molecule has 1 saturated heterocycles. The van der Waals surface area contributed by atoms with Gasteiger partial charge < -0.3 is 15.7 Å². The van der Waals surface area contributed by atoms with Crippen LogP contribution in [0.15, 0.2) is 48.5 Å². The first-order valence-corrected chi connectivity index (χ1v) is 9.92. The van der Waals surface area contributed by atoms with Crippen molar-refractivity contribution < 1.29 is 23.5 Å². The summed E-state index contributed by atoms with van der Waals surface area (Å²) >= 11 is 0. The lowest BCUT2D eigenvalue weighted by Crippen LogP contribution is -2.37. The standard InChI is InChI=1S/C24H18F2N4O3/c1-30-10-9-24(33,23(30)32)8-7-14-3-2-4-15(11-14)22-28-19(13-20(29-22)21(27)31)17-12-16(25)5-6-18(17)26/h2-6,11-13,33H,9-10H2,1H3,(H2,27,31). The zero-order chi connectivity index (χ0) is 23.8. The van der Waals surface area contributed by atoms with Gasteiger partial charge in [-0.25, -0.2) is 18.7 Å². The van der Waals surface area contributed by atoms with Crippen molar-refractivity contribution in [3.63, 3.8) is 0 Å². The lowest BCUT2D eigenvalue weighted by Gasteiger charge is -2.13. The van der Waals surface area contributed by atoms with Crippen molar-refractivity contribution in [1.29, 1.82) is 0 Å². The van der Waals surface area contributed by atoms with Crippen LogP contribution in [0.4, 0.5) is 8.78 Å². The van der Waals surface area contributed by atoms with Crippen LogP contribution in [0.2, 0.25) is 0 Å². The van der Waals surface area contributed by atoms with E-state index in [1.54, 1.807) is 31.3 Å². The maximum Gasteiger partial charge on any atom is 0.267 e. The molecule has 1 fully saturated rings. The van der Waals surface area contributed by atoms with Crippen LogP contribution in [0, 0.1) is 23.5 Å². The molecule has 2 heterocycles. The van der Waals surface area contributed by atoms with Gasteiger partial charge in [0.25, 0.3) is 11.8 Å². The van der Waals surface area contributed by atoms with E-state index in [0.29, 0.717) is 17.7 Å². The first-order valence-electron chi connectivity index (χ1n) is 9.92. The van der Waals surface area contributed by atoms with Crippen molar-refractivity contribution in [3.8, 4) is 34.5 Å². The molecule has 0 spiro atoms. The molecule has 166 valence electrons. The lowest BCUT2D eigenvalue weighted by atomic mass is 10.0. The minimum Gasteiger partial charge on any atom is -0.369 e. The molecule has 0 radical (unpaired) electrons. The Bertz CT molecular complexity index is 1350. The molecule has 0 aliphatic carbocycles. The second-order valence-electron chi connectivity index (χ2n) is 7.62. The van der Waals surface area contributed by atoms with Gasteiger partial charge in [0.05, 0.1) is 5.69 Å². The number of aromatic nitrogens is 2. The summed E-state index contributed by atoms with van der Waals surface area (Å²) in [7, 11) is 1.59. The van der Waals surface area contributed by atoms with Gasteiger partial charge >= 0.3 is 0 Å². The molecule has 33 heavy (non-hydrogen) atoms. The number of benzene rings is 2. The van der Waals surface area contributed by atoms with Crippen LogP contribution in [-0.2, 0) is 4.79 Å². The highest BCUT2D eigenvalue weighted by molar-refractivity contribution is 5.92. The Kier molecular flexibility index (Phi) is 5.62. The second-order valence-corrected chi connectivity index (χ2v) is 7.62. The molecule has 1 aromatic heterocycles. The average molecular weight is 448 g/mol. The summed E-state index contributed by atoms with van der Waals surface area (Å²) in [6, 6.07) is 10.6. The van der Waals surface area contributed by atoms with Gasteiger partial charge in [0, 0.05) is 36.7 Å². The predicted molar refractivity (Wildman–Crippen MR) is 115 cm³/mol. The molecule has 2 aromatic carbocycles. The fourth-order valence-corrected chi connectivity index (χ4v) is 3.42. The van der Waals surface area contributed by atoms with Gasteiger partial charge in [-0.3, -0.25) is 9.59 Å². The third-order valence-electron chi connectivity index (χ3n) is 5.23. The van der Waals surface area contributed by atoms with E-state index in [4.69, 9.17) is 5.73 Å². The van der Waals surface area contributed by atoms with Gasteiger partial charge in [0.15, 0.2) is 5.82 Å². The van der Waals surface area contributed by atoms with Crippen LogP contribution < -0.4 is 5.73 Å². The number of nitrogens with two attached hydrogens (primary N) is 1. The number of amides is 2. The third kappa shape index (κ3) is 4.42. The third-order valence-corrected chi connectivity index (χ3v) is 5.23. The van der Waals surface area contributed by atoms with E-state index in [0.717, 1.165) is 18.2 Å². The summed E-state index contributed by atoms with van der Waals surface area (Å²) in [6.07, 6.45) is 0.196. The molecule has 1 unspecified atom stereocenters. The summed E-state index contributed by atoms with van der Waals surface area (Å²) in [5.74, 6) is 2.72. The van der Waals surface area contributed by atoms with Gasteiger partial charge in [-0.2, -0.15) is 0 Å². The fraction of sp³-hybridized carbons (Fsp3) is 0.167. The summed E-state index contributed by atoms with van der Waals surface area (Å²) < 4.78 is 28.0. The maximum atomic E-state index is 14.3. The molecule has 0 saturated carbocycles. The van der Waals surface area contributed by atoms with Gasteiger partial charge in [0.2, 0.25) is 5.60 Å². The first kappa shape index (κ1) is 22.0. The molecular formula is C24H18F2N4O3.